The van der Waals surface area contributed by atoms with Crippen molar-refractivity contribution >= 4 is 27.5 Å². The fourth-order valence-corrected chi connectivity index (χ4v) is 6.02. The number of nitrogens with zero attached hydrogens (tertiary/aromatic N) is 3. The molecule has 8 nitrogen and oxygen atoms in total. The Morgan fingerprint density at radius 1 is 1.28 bits per heavy atom. The first-order valence-electron chi connectivity index (χ1n) is 10.7. The summed E-state index contributed by atoms with van der Waals surface area (Å²) in [5.41, 5.74) is 1.53. The van der Waals surface area contributed by atoms with E-state index in [-0.39, 0.29) is 23.3 Å². The first kappa shape index (κ1) is 22.4. The summed E-state index contributed by atoms with van der Waals surface area (Å²) in [6.45, 7) is 4.47. The fraction of sp³-hybridized carbons (Fsp3) is 0.435. The number of piperidine rings is 1. The van der Waals surface area contributed by atoms with Crippen LogP contribution in [0.15, 0.2) is 47.6 Å². The second-order valence-corrected chi connectivity index (χ2v) is 10.9. The summed E-state index contributed by atoms with van der Waals surface area (Å²) in [6, 6.07) is 8.53. The predicted octanol–water partition coefficient (Wildman–Crippen LogP) is 2.05. The molecule has 170 valence electrons. The van der Waals surface area contributed by atoms with Crippen LogP contribution in [0.5, 0.6) is 0 Å². The Morgan fingerprint density at radius 2 is 2.06 bits per heavy atom. The van der Waals surface area contributed by atoms with E-state index in [0.717, 1.165) is 11.3 Å². The van der Waals surface area contributed by atoms with E-state index in [1.165, 1.54) is 4.31 Å². The van der Waals surface area contributed by atoms with Crippen LogP contribution in [0.1, 0.15) is 37.8 Å². The van der Waals surface area contributed by atoms with Crippen molar-refractivity contribution in [3.63, 3.8) is 0 Å². The highest BCUT2D eigenvalue weighted by molar-refractivity contribution is 7.89. The van der Waals surface area contributed by atoms with Crippen molar-refractivity contribution in [1.29, 1.82) is 0 Å². The van der Waals surface area contributed by atoms with E-state index in [4.69, 9.17) is 0 Å². The molecule has 1 atom stereocenters. The first-order chi connectivity index (χ1) is 15.1. The number of sulfonamides is 1. The summed E-state index contributed by atoms with van der Waals surface area (Å²) in [7, 11) is -2.09. The van der Waals surface area contributed by atoms with Gasteiger partial charge >= 0.3 is 0 Å². The molecule has 2 aliphatic rings. The normalized spacial score (nSPS) is 20.8. The highest BCUT2D eigenvalue weighted by Gasteiger charge is 2.43. The monoisotopic (exact) mass is 456 g/mol. The third-order valence-electron chi connectivity index (χ3n) is 6.42. The van der Waals surface area contributed by atoms with E-state index in [2.05, 4.69) is 10.3 Å². The molecule has 0 saturated carbocycles. The summed E-state index contributed by atoms with van der Waals surface area (Å²) in [5, 5.41) is 2.89. The standard InChI is InChI=1S/C23H28N4O4S/c1-23(2)19-12-18(8-9-20(19)26(3)22(23)29)32(30,31)27-11-5-7-17(15-27)21(28)25-14-16-6-4-10-24-13-16/h4,6,8-10,12-13,17H,5,7,11,14-15H2,1-3H3,(H,25,28). The molecule has 2 aliphatic heterocycles. The lowest BCUT2D eigenvalue weighted by Gasteiger charge is -2.31. The number of rotatable bonds is 5. The smallest absolute Gasteiger partial charge is 0.243 e. The average Bonchev–Trinajstić information content (AvgIpc) is 2.98. The van der Waals surface area contributed by atoms with Gasteiger partial charge in [0.05, 0.1) is 16.2 Å². The predicted molar refractivity (Wildman–Crippen MR) is 120 cm³/mol. The van der Waals surface area contributed by atoms with Crippen molar-refractivity contribution in [2.45, 2.75) is 43.5 Å². The molecule has 1 unspecified atom stereocenters. The number of pyridine rings is 1. The zero-order chi connectivity index (χ0) is 23.1. The molecule has 0 radical (unpaired) electrons. The van der Waals surface area contributed by atoms with Gasteiger partial charge in [0.15, 0.2) is 0 Å². The Labute approximate surface area is 188 Å². The Kier molecular flexibility index (Phi) is 5.81. The molecule has 1 fully saturated rings. The number of carbonyl (C=O) groups excluding carboxylic acids is 2. The molecule has 4 rings (SSSR count). The number of amides is 2. The van der Waals surface area contributed by atoms with Gasteiger partial charge in [-0.1, -0.05) is 6.07 Å². The van der Waals surface area contributed by atoms with Crippen LogP contribution >= 0.6 is 0 Å². The summed E-state index contributed by atoms with van der Waals surface area (Å²) in [4.78, 5) is 31.0. The van der Waals surface area contributed by atoms with Crippen LogP contribution in [0.2, 0.25) is 0 Å². The summed E-state index contributed by atoms with van der Waals surface area (Å²) in [6.07, 6.45) is 4.61. The molecular formula is C23H28N4O4S. The number of aromatic nitrogens is 1. The van der Waals surface area contributed by atoms with Crippen LogP contribution in [0.25, 0.3) is 0 Å². The summed E-state index contributed by atoms with van der Waals surface area (Å²) < 4.78 is 28.2. The lowest BCUT2D eigenvalue weighted by molar-refractivity contribution is -0.126. The Hall–Kier alpha value is -2.78. The van der Waals surface area contributed by atoms with Crippen molar-refractivity contribution in [1.82, 2.24) is 14.6 Å². The SMILES string of the molecule is CN1C(=O)C(C)(C)c2cc(S(=O)(=O)N3CCCC(C(=O)NCc4cccnc4)C3)ccc21. The van der Waals surface area contributed by atoms with Gasteiger partial charge in [-0.25, -0.2) is 8.42 Å². The number of fused-ring (bicyclic) bond motifs is 1. The maximum absolute atomic E-state index is 13.4. The van der Waals surface area contributed by atoms with Crippen LogP contribution in [-0.4, -0.2) is 49.7 Å². The third-order valence-corrected chi connectivity index (χ3v) is 8.29. The lowest BCUT2D eigenvalue weighted by Crippen LogP contribution is -2.45. The molecule has 1 N–H and O–H groups in total. The zero-order valence-electron chi connectivity index (χ0n) is 18.5. The van der Waals surface area contributed by atoms with E-state index < -0.39 is 21.4 Å². The van der Waals surface area contributed by atoms with E-state index >= 15 is 0 Å². The molecule has 1 saturated heterocycles. The number of hydrogen-bond acceptors (Lipinski definition) is 5. The number of hydrogen-bond donors (Lipinski definition) is 1. The van der Waals surface area contributed by atoms with Gasteiger partial charge in [0.1, 0.15) is 0 Å². The zero-order valence-corrected chi connectivity index (χ0v) is 19.4. The van der Waals surface area contributed by atoms with Gasteiger partial charge in [0.25, 0.3) is 0 Å². The largest absolute Gasteiger partial charge is 0.352 e. The number of benzene rings is 1. The topological polar surface area (TPSA) is 99.7 Å². The Balaban J connectivity index is 1.50. The quantitative estimate of drug-likeness (QED) is 0.742. The number of carbonyl (C=O) groups is 2. The van der Waals surface area contributed by atoms with Gasteiger partial charge in [-0.2, -0.15) is 4.31 Å². The van der Waals surface area contributed by atoms with Crippen LogP contribution in [0, 0.1) is 5.92 Å². The van der Waals surface area contributed by atoms with Crippen molar-refractivity contribution in [2.24, 2.45) is 5.92 Å². The van der Waals surface area contributed by atoms with Crippen molar-refractivity contribution in [2.75, 3.05) is 25.0 Å². The molecule has 0 bridgehead atoms. The van der Waals surface area contributed by atoms with E-state index in [9.17, 15) is 18.0 Å². The minimum absolute atomic E-state index is 0.0645. The molecule has 1 aromatic heterocycles. The molecule has 2 aromatic rings. The molecule has 2 amide bonds. The van der Waals surface area contributed by atoms with Crippen molar-refractivity contribution in [3.8, 4) is 0 Å². The van der Waals surface area contributed by atoms with Crippen molar-refractivity contribution < 1.29 is 18.0 Å². The van der Waals surface area contributed by atoms with Gasteiger partial charge in [-0.3, -0.25) is 14.6 Å². The molecule has 0 spiro atoms. The second-order valence-electron chi connectivity index (χ2n) is 8.95. The van der Waals surface area contributed by atoms with Gasteiger partial charge < -0.3 is 10.2 Å². The molecule has 32 heavy (non-hydrogen) atoms. The van der Waals surface area contributed by atoms with Gasteiger partial charge in [-0.05, 0) is 62.1 Å². The maximum atomic E-state index is 13.4. The van der Waals surface area contributed by atoms with Gasteiger partial charge in [-0.15, -0.1) is 0 Å². The highest BCUT2D eigenvalue weighted by atomic mass is 32.2. The van der Waals surface area contributed by atoms with Gasteiger partial charge in [0.2, 0.25) is 21.8 Å². The highest BCUT2D eigenvalue weighted by Crippen LogP contribution is 2.42. The average molecular weight is 457 g/mol. The minimum atomic E-state index is -3.79. The van der Waals surface area contributed by atoms with E-state index in [1.54, 1.807) is 62.5 Å². The molecule has 0 aliphatic carbocycles. The van der Waals surface area contributed by atoms with Crippen LogP contribution < -0.4 is 10.2 Å². The first-order valence-corrected chi connectivity index (χ1v) is 12.2. The van der Waals surface area contributed by atoms with E-state index in [0.29, 0.717) is 31.5 Å². The van der Waals surface area contributed by atoms with Gasteiger partial charge in [0, 0.05) is 44.8 Å². The maximum Gasteiger partial charge on any atom is 0.243 e. The van der Waals surface area contributed by atoms with Crippen molar-refractivity contribution in [3.05, 3.63) is 53.9 Å². The van der Waals surface area contributed by atoms with Crippen LogP contribution in [-0.2, 0) is 31.6 Å². The van der Waals surface area contributed by atoms with E-state index in [1.807, 2.05) is 6.07 Å². The number of nitrogens with one attached hydrogen (secondary N) is 1. The lowest BCUT2D eigenvalue weighted by atomic mass is 9.86. The molecule has 9 heteroatoms. The Morgan fingerprint density at radius 3 is 2.78 bits per heavy atom. The Bertz CT molecular complexity index is 1150. The number of likely N-dealkylation sites (N-methyl/N-ethyl adjacent to an activating group) is 1. The molecule has 1 aromatic carbocycles. The third kappa shape index (κ3) is 3.91. The second kappa shape index (κ2) is 8.29. The summed E-state index contributed by atoms with van der Waals surface area (Å²) in [5.74, 6) is -0.629. The molecule has 3 heterocycles. The minimum Gasteiger partial charge on any atom is -0.352 e. The van der Waals surface area contributed by atoms with Crippen LogP contribution in [0.4, 0.5) is 5.69 Å². The van der Waals surface area contributed by atoms with Crippen LogP contribution in [0.3, 0.4) is 0 Å². The summed E-state index contributed by atoms with van der Waals surface area (Å²) >= 11 is 0. The fourth-order valence-electron chi connectivity index (χ4n) is 4.47. The molecular weight excluding hydrogens is 428 g/mol. The number of anilines is 1.